The van der Waals surface area contributed by atoms with Crippen LogP contribution in [0, 0.1) is 5.92 Å². The first-order valence-corrected chi connectivity index (χ1v) is 12.9. The van der Waals surface area contributed by atoms with Gasteiger partial charge in [0.2, 0.25) is 6.09 Å². The minimum absolute atomic E-state index is 0. The van der Waals surface area contributed by atoms with Crippen molar-refractivity contribution < 1.29 is 47.2 Å². The van der Waals surface area contributed by atoms with Gasteiger partial charge in [-0.2, -0.15) is 6.41 Å². The van der Waals surface area contributed by atoms with Crippen molar-refractivity contribution in [2.24, 2.45) is 5.92 Å². The van der Waals surface area contributed by atoms with Crippen LogP contribution in [0.5, 0.6) is 0 Å². The summed E-state index contributed by atoms with van der Waals surface area (Å²) >= 11 is 0. The number of fused-ring (bicyclic) bond motifs is 3. The van der Waals surface area contributed by atoms with Crippen molar-refractivity contribution in [3.8, 4) is 0 Å². The number of likely N-dealkylation sites (tertiary alicyclic amines) is 1. The van der Waals surface area contributed by atoms with Crippen molar-refractivity contribution in [2.75, 3.05) is 20.8 Å². The first-order valence-electron chi connectivity index (χ1n) is 11.9. The third kappa shape index (κ3) is 7.37. The molecule has 2 aliphatic rings. The van der Waals surface area contributed by atoms with Gasteiger partial charge in [-0.3, -0.25) is 9.59 Å². The van der Waals surface area contributed by atoms with Crippen LogP contribution in [0.15, 0.2) is 24.4 Å². The molecular weight excluding hydrogens is 564 g/mol. The molecule has 1 saturated heterocycles. The molecule has 0 spiro atoms. The minimum Gasteiger partial charge on any atom is -0.632 e. The van der Waals surface area contributed by atoms with Crippen molar-refractivity contribution >= 4 is 49.3 Å². The largest absolute Gasteiger partial charge is 2.00 e. The van der Waals surface area contributed by atoms with Crippen LogP contribution in [0.2, 0.25) is 0 Å². The standard InChI is InChI=1S/C22H24N6O4P.C2H5NO2.V/c1-32-22(31)24-10-18(30)33-21-23-9-14(25-21)6-12-2-5-16-17(7-12)27-20(26-16)19-13-3-4-15(8-13)28(19)11-29;1-5-2(3)4;/h2,5,7,9,13,15,19,33H,3-4,6,8,10H2,1H3,(H,23,25)(H,24,31)(H,26,27);1H3,(H2,3,4);/q-1;;+2/p-1/t13-,15+,19-;;/m0../s1. The summed E-state index contributed by atoms with van der Waals surface area (Å²) in [5.41, 5.74) is 10.2. The number of aromatic amines is 2. The van der Waals surface area contributed by atoms with Gasteiger partial charge in [-0.15, -0.1) is 0 Å². The number of alkyl carbamates (subject to hydrolysis) is 1. The molecule has 1 aliphatic carbocycles. The zero-order valence-corrected chi connectivity index (χ0v) is 23.7. The number of hydrogen-bond donors (Lipinski definition) is 3. The van der Waals surface area contributed by atoms with E-state index < -0.39 is 12.2 Å². The number of imidazole rings is 2. The average molecular weight is 592 g/mol. The summed E-state index contributed by atoms with van der Waals surface area (Å²) in [5, 5.41) is 2.37. The fourth-order valence-electron chi connectivity index (χ4n) is 4.93. The Labute approximate surface area is 238 Å². The normalized spacial score (nSPS) is 19.3. The molecule has 13 nitrogen and oxygen atoms in total. The number of nitrogens with one attached hydrogen (secondary N) is 4. The molecular formula is C24H28N7O6PV. The van der Waals surface area contributed by atoms with E-state index in [1.54, 1.807) is 6.20 Å². The molecule has 15 heteroatoms. The zero-order valence-electron chi connectivity index (χ0n) is 21.3. The van der Waals surface area contributed by atoms with E-state index in [0.29, 0.717) is 23.9 Å². The van der Waals surface area contributed by atoms with Crippen LogP contribution >= 0.6 is 8.58 Å². The van der Waals surface area contributed by atoms with E-state index in [1.165, 1.54) is 7.11 Å². The molecule has 2 fully saturated rings. The van der Waals surface area contributed by atoms with Crippen LogP contribution in [0.25, 0.3) is 16.8 Å². The Morgan fingerprint density at radius 2 is 2.00 bits per heavy atom. The van der Waals surface area contributed by atoms with Crippen molar-refractivity contribution in [3.63, 3.8) is 0 Å². The quantitative estimate of drug-likeness (QED) is 0.263. The van der Waals surface area contributed by atoms with E-state index in [1.807, 2.05) is 17.0 Å². The van der Waals surface area contributed by atoms with Crippen LogP contribution in [0.3, 0.4) is 0 Å². The summed E-state index contributed by atoms with van der Waals surface area (Å²) in [4.78, 5) is 61.3. The number of aromatic nitrogens is 4. The predicted molar refractivity (Wildman–Crippen MR) is 139 cm³/mol. The second-order valence-corrected chi connectivity index (χ2v) is 10.2. The number of hydrogen-bond acceptors (Lipinski definition) is 8. The summed E-state index contributed by atoms with van der Waals surface area (Å²) in [6, 6.07) is 6.33. The molecule has 1 unspecified atom stereocenters. The molecule has 39 heavy (non-hydrogen) atoms. The maximum atomic E-state index is 12.0. The van der Waals surface area contributed by atoms with Crippen molar-refractivity contribution in [1.82, 2.24) is 30.2 Å². The van der Waals surface area contributed by atoms with Crippen molar-refractivity contribution in [3.05, 3.63) is 47.2 Å². The van der Waals surface area contributed by atoms with Gasteiger partial charge in [0, 0.05) is 32.9 Å². The predicted octanol–water partition coefficient (Wildman–Crippen LogP) is 2.46. The molecule has 3 aromatic rings. The number of rotatable bonds is 8. The number of amides is 3. The van der Waals surface area contributed by atoms with E-state index in [0.717, 1.165) is 54.5 Å². The molecule has 1 aromatic carbocycles. The summed E-state index contributed by atoms with van der Waals surface area (Å²) in [6.07, 6.45) is 6.06. The number of ether oxygens (including phenoxy) is 2. The Kier molecular flexibility index (Phi) is 10.5. The van der Waals surface area contributed by atoms with E-state index >= 15 is 0 Å². The van der Waals surface area contributed by atoms with E-state index in [9.17, 15) is 19.2 Å². The van der Waals surface area contributed by atoms with Crippen LogP contribution < -0.4 is 10.9 Å². The second kappa shape index (κ2) is 13.6. The summed E-state index contributed by atoms with van der Waals surface area (Å²) in [5.74, 6) is 1.29. The van der Waals surface area contributed by atoms with Crippen molar-refractivity contribution in [1.29, 1.82) is 0 Å². The molecule has 205 valence electrons. The van der Waals surface area contributed by atoms with Crippen LogP contribution in [0.1, 0.15) is 42.4 Å². The third-order valence-corrected chi connectivity index (χ3v) is 7.53. The number of benzene rings is 1. The first kappa shape index (κ1) is 30.1. The Morgan fingerprint density at radius 1 is 1.23 bits per heavy atom. The molecule has 2 bridgehead atoms. The summed E-state index contributed by atoms with van der Waals surface area (Å²) < 4.78 is 8.23. The van der Waals surface area contributed by atoms with Crippen LogP contribution in [0.4, 0.5) is 9.59 Å². The molecule has 1 saturated carbocycles. The molecule has 1 aliphatic heterocycles. The Morgan fingerprint density at radius 3 is 2.69 bits per heavy atom. The molecule has 3 amide bonds. The van der Waals surface area contributed by atoms with E-state index in [4.69, 9.17) is 10.7 Å². The molecule has 4 N–H and O–H groups in total. The van der Waals surface area contributed by atoms with Gasteiger partial charge in [-0.05, 0) is 42.9 Å². The average Bonchev–Trinajstić information content (AvgIpc) is 3.71. The number of piperidine rings is 1. The maximum absolute atomic E-state index is 12.0. The van der Waals surface area contributed by atoms with Gasteiger partial charge >= 0.3 is 24.6 Å². The number of carbonyl (C=O) groups is 3. The SMILES string of the molecule is COC(=O)NCC(=O)Pc1ncc(Cc2ccc3nc([C@@H]4[C@H]5CC[C@H](C5)N4[C-]=O)[nH]c3c2)[nH]1.COC([NH-])=O.[V+2]. The van der Waals surface area contributed by atoms with Gasteiger partial charge in [-0.1, -0.05) is 6.07 Å². The van der Waals surface area contributed by atoms with Gasteiger partial charge < -0.3 is 40.2 Å². The molecule has 4 atom stereocenters. The summed E-state index contributed by atoms with van der Waals surface area (Å²) in [7, 11) is 2.23. The fourth-order valence-corrected chi connectivity index (χ4v) is 5.72. The molecule has 2 aromatic heterocycles. The smallest absolute Gasteiger partial charge is 0.632 e. The van der Waals surface area contributed by atoms with Gasteiger partial charge in [0.25, 0.3) is 0 Å². The van der Waals surface area contributed by atoms with E-state index in [-0.39, 0.29) is 45.2 Å². The fraction of sp³-hybridized carbons (Fsp3) is 0.417. The van der Waals surface area contributed by atoms with Crippen molar-refractivity contribution in [2.45, 2.75) is 37.8 Å². The Balaban J connectivity index is 0.000000644. The van der Waals surface area contributed by atoms with Gasteiger partial charge in [-0.25, -0.2) is 14.8 Å². The minimum atomic E-state index is -0.995. The molecule has 3 heterocycles. The van der Waals surface area contributed by atoms with Crippen LogP contribution in [-0.2, 0) is 44.0 Å². The van der Waals surface area contributed by atoms with Gasteiger partial charge in [0.1, 0.15) is 11.4 Å². The summed E-state index contributed by atoms with van der Waals surface area (Å²) in [6.45, 7) is -0.0954. The third-order valence-electron chi connectivity index (χ3n) is 6.58. The molecule has 1 radical (unpaired) electrons. The van der Waals surface area contributed by atoms with Crippen LogP contribution in [-0.4, -0.2) is 75.8 Å². The number of nitrogens with zero attached hydrogens (tertiary/aromatic N) is 3. The Bertz CT molecular complexity index is 1330. The van der Waals surface area contributed by atoms with Gasteiger partial charge in [0.05, 0.1) is 37.8 Å². The first-order chi connectivity index (χ1) is 18.3. The van der Waals surface area contributed by atoms with Gasteiger partial charge in [0.15, 0.2) is 5.52 Å². The second-order valence-electron chi connectivity index (χ2n) is 8.96. The maximum Gasteiger partial charge on any atom is 2.00 e. The monoisotopic (exact) mass is 592 g/mol. The topological polar surface area (TPSA) is 183 Å². The molecule has 5 rings (SSSR count). The Hall–Kier alpha value is -3.41. The number of H-pyrrole nitrogens is 2. The number of carbonyl (C=O) groups excluding carboxylic acids is 4. The van der Waals surface area contributed by atoms with E-state index in [2.05, 4.69) is 42.2 Å². The number of methoxy groups -OCH3 is 2. The zero-order chi connectivity index (χ0) is 27.2.